The molecule has 6 heteroatoms. The van der Waals surface area contributed by atoms with Crippen LogP contribution in [0.25, 0.3) is 0 Å². The van der Waals surface area contributed by atoms with Gasteiger partial charge in [-0.05, 0) is 24.6 Å². The lowest BCUT2D eigenvalue weighted by molar-refractivity contribution is -0.133. The maximum absolute atomic E-state index is 13.4. The van der Waals surface area contributed by atoms with E-state index in [4.69, 9.17) is 0 Å². The van der Waals surface area contributed by atoms with Gasteiger partial charge in [-0.15, -0.1) is 0 Å². The predicted octanol–water partition coefficient (Wildman–Crippen LogP) is 2.47. The molecule has 0 radical (unpaired) electrons. The molecule has 138 valence electrons. The molecule has 0 spiro atoms. The first-order valence-electron chi connectivity index (χ1n) is 9.03. The van der Waals surface area contributed by atoms with Gasteiger partial charge >= 0.3 is 0 Å². The van der Waals surface area contributed by atoms with Crippen molar-refractivity contribution < 1.29 is 14.4 Å². The fourth-order valence-electron chi connectivity index (χ4n) is 4.07. The Morgan fingerprint density at radius 3 is 2.48 bits per heavy atom. The Labute approximate surface area is 157 Å². The predicted molar refractivity (Wildman–Crippen MR) is 101 cm³/mol. The quantitative estimate of drug-likeness (QED) is 0.911. The molecule has 2 aliphatic rings. The van der Waals surface area contributed by atoms with E-state index in [9.17, 15) is 14.4 Å². The zero-order valence-electron chi connectivity index (χ0n) is 15.3. The number of carbonyl (C=O) groups is 3. The maximum atomic E-state index is 13.4. The maximum Gasteiger partial charge on any atom is 0.267 e. The molecule has 2 aromatic rings. The Kier molecular flexibility index (Phi) is 3.98. The van der Waals surface area contributed by atoms with Crippen LogP contribution in [0.2, 0.25) is 0 Å². The lowest BCUT2D eigenvalue weighted by Gasteiger charge is -2.47. The summed E-state index contributed by atoms with van der Waals surface area (Å²) in [5.74, 6) is -0.738. The van der Waals surface area contributed by atoms with E-state index in [-0.39, 0.29) is 36.6 Å². The minimum Gasteiger partial charge on any atom is -0.346 e. The van der Waals surface area contributed by atoms with E-state index in [1.807, 2.05) is 37.3 Å². The highest BCUT2D eigenvalue weighted by Crippen LogP contribution is 2.44. The minimum absolute atomic E-state index is 0.149. The smallest absolute Gasteiger partial charge is 0.267 e. The summed E-state index contributed by atoms with van der Waals surface area (Å²) in [6, 6.07) is 16.3. The van der Waals surface area contributed by atoms with E-state index in [1.54, 1.807) is 31.3 Å². The molecule has 0 bridgehead atoms. The molecule has 2 atom stereocenters. The first kappa shape index (κ1) is 17.3. The van der Waals surface area contributed by atoms with Crippen molar-refractivity contribution in [3.8, 4) is 0 Å². The molecule has 3 amide bonds. The molecule has 0 aliphatic carbocycles. The summed E-state index contributed by atoms with van der Waals surface area (Å²) in [7, 11) is 1.59. The van der Waals surface area contributed by atoms with Gasteiger partial charge in [0.15, 0.2) is 0 Å². The van der Waals surface area contributed by atoms with Crippen molar-refractivity contribution in [2.24, 2.45) is 0 Å². The van der Waals surface area contributed by atoms with Gasteiger partial charge in [-0.2, -0.15) is 0 Å². The molecule has 2 aromatic carbocycles. The van der Waals surface area contributed by atoms with Crippen molar-refractivity contribution in [2.45, 2.75) is 31.5 Å². The molecule has 0 saturated carbocycles. The third-order valence-corrected chi connectivity index (χ3v) is 5.55. The van der Waals surface area contributed by atoms with E-state index in [0.717, 1.165) is 5.56 Å². The highest BCUT2D eigenvalue weighted by Gasteiger charge is 2.59. The molecule has 2 aliphatic heterocycles. The van der Waals surface area contributed by atoms with Crippen LogP contribution in [0, 0.1) is 0 Å². The Hall–Kier alpha value is -3.15. The molecule has 6 nitrogen and oxygen atoms in total. The number of anilines is 1. The van der Waals surface area contributed by atoms with Gasteiger partial charge in [-0.1, -0.05) is 42.5 Å². The van der Waals surface area contributed by atoms with Crippen LogP contribution in [0.4, 0.5) is 5.69 Å². The largest absolute Gasteiger partial charge is 0.346 e. The fraction of sp³-hybridized carbons (Fsp3) is 0.286. The zero-order chi connectivity index (χ0) is 19.2. The number of carbonyl (C=O) groups excluding carboxylic acids is 3. The van der Waals surface area contributed by atoms with Gasteiger partial charge in [-0.3, -0.25) is 19.3 Å². The topological polar surface area (TPSA) is 69.7 Å². The minimum atomic E-state index is -1.33. The Morgan fingerprint density at radius 2 is 1.74 bits per heavy atom. The molecule has 1 fully saturated rings. The van der Waals surface area contributed by atoms with E-state index < -0.39 is 5.66 Å². The highest BCUT2D eigenvalue weighted by molar-refractivity contribution is 6.16. The van der Waals surface area contributed by atoms with Gasteiger partial charge in [0.25, 0.3) is 11.8 Å². The van der Waals surface area contributed by atoms with Crippen LogP contribution in [0.1, 0.15) is 41.7 Å². The van der Waals surface area contributed by atoms with Crippen molar-refractivity contribution in [1.29, 1.82) is 0 Å². The summed E-state index contributed by atoms with van der Waals surface area (Å²) in [5, 5.41) is 3.00. The second-order valence-electron chi connectivity index (χ2n) is 7.03. The van der Waals surface area contributed by atoms with Crippen molar-refractivity contribution in [1.82, 2.24) is 10.2 Å². The van der Waals surface area contributed by atoms with Crippen molar-refractivity contribution in [3.05, 3.63) is 65.7 Å². The number of benzene rings is 2. The summed E-state index contributed by atoms with van der Waals surface area (Å²) in [5.41, 5.74) is 0.578. The number of hydrogen-bond donors (Lipinski definition) is 1. The number of likely N-dealkylation sites (N-methyl/N-ethyl adjacent to an activating group) is 1. The summed E-state index contributed by atoms with van der Waals surface area (Å²) in [4.78, 5) is 41.9. The molecular weight excluding hydrogens is 342 g/mol. The Bertz CT molecular complexity index is 927. The number of hydrogen-bond acceptors (Lipinski definition) is 3. The van der Waals surface area contributed by atoms with Gasteiger partial charge < -0.3 is 10.2 Å². The normalized spacial score (nSPS) is 22.3. The SMILES string of the molecule is CC(NC(=O)C12CCC(=O)N1c1ccccc1C(=O)N2C)c1ccccc1. The molecule has 4 rings (SSSR count). The van der Waals surface area contributed by atoms with Crippen LogP contribution in [0.15, 0.2) is 54.6 Å². The van der Waals surface area contributed by atoms with Crippen molar-refractivity contribution >= 4 is 23.4 Å². The zero-order valence-corrected chi connectivity index (χ0v) is 15.3. The van der Waals surface area contributed by atoms with Crippen LogP contribution in [0.3, 0.4) is 0 Å². The number of amides is 3. The van der Waals surface area contributed by atoms with Crippen molar-refractivity contribution in [3.63, 3.8) is 0 Å². The number of nitrogens with one attached hydrogen (secondary N) is 1. The van der Waals surface area contributed by atoms with Gasteiger partial charge in [-0.25, -0.2) is 0 Å². The summed E-state index contributed by atoms with van der Waals surface area (Å²) in [6.45, 7) is 1.89. The van der Waals surface area contributed by atoms with E-state index in [0.29, 0.717) is 11.3 Å². The molecule has 2 unspecified atom stereocenters. The van der Waals surface area contributed by atoms with Gasteiger partial charge in [0.1, 0.15) is 0 Å². The first-order valence-corrected chi connectivity index (χ1v) is 9.03. The number of nitrogens with zero attached hydrogens (tertiary/aromatic N) is 2. The van der Waals surface area contributed by atoms with Crippen LogP contribution >= 0.6 is 0 Å². The lowest BCUT2D eigenvalue weighted by atomic mass is 9.95. The molecule has 2 heterocycles. The van der Waals surface area contributed by atoms with Crippen LogP contribution < -0.4 is 10.2 Å². The lowest BCUT2D eigenvalue weighted by Crippen LogP contribution is -2.69. The number of para-hydroxylation sites is 1. The Morgan fingerprint density at radius 1 is 1.07 bits per heavy atom. The third-order valence-electron chi connectivity index (χ3n) is 5.55. The van der Waals surface area contributed by atoms with Gasteiger partial charge in [0, 0.05) is 19.9 Å². The van der Waals surface area contributed by atoms with Crippen molar-refractivity contribution in [2.75, 3.05) is 11.9 Å². The molecule has 1 saturated heterocycles. The van der Waals surface area contributed by atoms with Gasteiger partial charge in [0.05, 0.1) is 17.3 Å². The van der Waals surface area contributed by atoms with E-state index in [2.05, 4.69) is 5.32 Å². The second-order valence-corrected chi connectivity index (χ2v) is 7.03. The van der Waals surface area contributed by atoms with E-state index >= 15 is 0 Å². The fourth-order valence-corrected chi connectivity index (χ4v) is 4.07. The average molecular weight is 363 g/mol. The average Bonchev–Trinajstić information content (AvgIpc) is 3.05. The first-order chi connectivity index (χ1) is 13.0. The summed E-state index contributed by atoms with van der Waals surface area (Å²) >= 11 is 0. The summed E-state index contributed by atoms with van der Waals surface area (Å²) < 4.78 is 0. The number of rotatable bonds is 3. The van der Waals surface area contributed by atoms with Crippen LogP contribution in [-0.2, 0) is 9.59 Å². The molecule has 0 aromatic heterocycles. The number of fused-ring (bicyclic) bond motifs is 3. The Balaban J connectivity index is 1.75. The van der Waals surface area contributed by atoms with Gasteiger partial charge in [0.2, 0.25) is 11.6 Å². The molecule has 1 N–H and O–H groups in total. The standard InChI is InChI=1S/C21H21N3O3/c1-14(15-8-4-3-5-9-15)22-20(27)21-13-12-18(25)24(21)17-11-7-6-10-16(17)19(26)23(21)2/h3-11,14H,12-13H2,1-2H3,(H,22,27). The van der Waals surface area contributed by atoms with E-state index in [1.165, 1.54) is 9.80 Å². The molecule has 27 heavy (non-hydrogen) atoms. The monoisotopic (exact) mass is 363 g/mol. The van der Waals surface area contributed by atoms with Crippen LogP contribution in [0.5, 0.6) is 0 Å². The third kappa shape index (κ3) is 2.44. The second kappa shape index (κ2) is 6.23. The highest BCUT2D eigenvalue weighted by atomic mass is 16.2. The van der Waals surface area contributed by atoms with Crippen LogP contribution in [-0.4, -0.2) is 35.3 Å². The summed E-state index contributed by atoms with van der Waals surface area (Å²) in [6.07, 6.45) is 0.495. The molecular formula is C21H21N3O3.